The van der Waals surface area contributed by atoms with Gasteiger partial charge < -0.3 is 19.5 Å². The molecule has 140 valence electrons. The minimum absolute atomic E-state index is 0.0318. The van der Waals surface area contributed by atoms with Gasteiger partial charge in [0, 0.05) is 43.3 Å². The van der Waals surface area contributed by atoms with E-state index in [-0.39, 0.29) is 24.5 Å². The molecule has 1 N–H and O–H groups in total. The molecule has 3 rings (SSSR count). The van der Waals surface area contributed by atoms with Gasteiger partial charge in [0.15, 0.2) is 6.61 Å². The Morgan fingerprint density at radius 2 is 2.15 bits per heavy atom. The van der Waals surface area contributed by atoms with E-state index in [0.717, 1.165) is 5.69 Å². The van der Waals surface area contributed by atoms with Crippen molar-refractivity contribution in [2.45, 2.75) is 32.2 Å². The van der Waals surface area contributed by atoms with Gasteiger partial charge in [0.25, 0.3) is 0 Å². The molecule has 2 aromatic heterocycles. The van der Waals surface area contributed by atoms with Crippen LogP contribution >= 0.6 is 0 Å². The second-order valence-corrected chi connectivity index (χ2v) is 6.03. The number of ether oxygens (including phenoxy) is 1. The number of carbonyl (C=O) groups is 1. The standard InChI is InChI=1S/C17H19F3N4O2/c1-12-14-5-3-7-23(14)8-9-24(12)16(25)22-10-13-4-2-6-21-15(13)26-11-17(18,19)20/h2-7,12H,8-11H2,1H3,(H,22,25). The van der Waals surface area contributed by atoms with Gasteiger partial charge in [0.1, 0.15) is 0 Å². The van der Waals surface area contributed by atoms with Gasteiger partial charge in [-0.3, -0.25) is 0 Å². The second-order valence-electron chi connectivity index (χ2n) is 6.03. The van der Waals surface area contributed by atoms with Gasteiger partial charge in [-0.15, -0.1) is 0 Å². The van der Waals surface area contributed by atoms with E-state index in [4.69, 9.17) is 4.74 Å². The quantitative estimate of drug-likeness (QED) is 0.902. The minimum atomic E-state index is -4.45. The number of nitrogens with zero attached hydrogens (tertiary/aromatic N) is 3. The van der Waals surface area contributed by atoms with Crippen LogP contribution in [0.15, 0.2) is 36.7 Å². The molecule has 0 saturated heterocycles. The van der Waals surface area contributed by atoms with E-state index in [1.54, 1.807) is 17.0 Å². The molecule has 1 unspecified atom stereocenters. The zero-order valence-electron chi connectivity index (χ0n) is 14.2. The highest BCUT2D eigenvalue weighted by molar-refractivity contribution is 5.75. The Kier molecular flexibility index (Phi) is 5.06. The summed E-state index contributed by atoms with van der Waals surface area (Å²) in [5.74, 6) is -0.134. The smallest absolute Gasteiger partial charge is 0.422 e. The Bertz CT molecular complexity index is 775. The fraction of sp³-hybridized carbons (Fsp3) is 0.412. The van der Waals surface area contributed by atoms with Gasteiger partial charge in [-0.2, -0.15) is 13.2 Å². The zero-order valence-corrected chi connectivity index (χ0v) is 14.2. The number of hydrogen-bond acceptors (Lipinski definition) is 3. The number of halogens is 3. The monoisotopic (exact) mass is 368 g/mol. The van der Waals surface area contributed by atoms with Crippen LogP contribution in [0.5, 0.6) is 5.88 Å². The molecule has 0 bridgehead atoms. The summed E-state index contributed by atoms with van der Waals surface area (Å²) in [5.41, 5.74) is 1.43. The molecule has 6 nitrogen and oxygen atoms in total. The highest BCUT2D eigenvalue weighted by Gasteiger charge is 2.30. The first-order chi connectivity index (χ1) is 12.3. The Morgan fingerprint density at radius 1 is 1.35 bits per heavy atom. The number of aromatic nitrogens is 2. The highest BCUT2D eigenvalue weighted by atomic mass is 19.4. The van der Waals surface area contributed by atoms with Gasteiger partial charge >= 0.3 is 12.2 Å². The molecular weight excluding hydrogens is 349 g/mol. The molecule has 26 heavy (non-hydrogen) atoms. The predicted molar refractivity (Wildman–Crippen MR) is 87.6 cm³/mol. The number of hydrogen-bond donors (Lipinski definition) is 1. The maximum absolute atomic E-state index is 12.5. The van der Waals surface area contributed by atoms with E-state index in [0.29, 0.717) is 18.7 Å². The summed E-state index contributed by atoms with van der Waals surface area (Å²) in [4.78, 5) is 18.0. The summed E-state index contributed by atoms with van der Waals surface area (Å²) in [5, 5.41) is 2.74. The van der Waals surface area contributed by atoms with Crippen LogP contribution in [0.1, 0.15) is 24.2 Å². The van der Waals surface area contributed by atoms with Gasteiger partial charge in [-0.05, 0) is 25.1 Å². The Morgan fingerprint density at radius 3 is 2.92 bits per heavy atom. The fourth-order valence-electron chi connectivity index (χ4n) is 2.97. The molecule has 1 aliphatic heterocycles. The number of nitrogens with one attached hydrogen (secondary N) is 1. The molecule has 0 saturated carbocycles. The van der Waals surface area contributed by atoms with E-state index in [9.17, 15) is 18.0 Å². The number of urea groups is 1. The number of alkyl halides is 3. The van der Waals surface area contributed by atoms with Gasteiger partial charge in [0.05, 0.1) is 6.04 Å². The summed E-state index contributed by atoms with van der Waals surface area (Å²) in [6, 6.07) is 6.69. The van der Waals surface area contributed by atoms with E-state index < -0.39 is 12.8 Å². The van der Waals surface area contributed by atoms with Crippen LogP contribution in [0.3, 0.4) is 0 Å². The molecule has 1 atom stereocenters. The van der Waals surface area contributed by atoms with Crippen molar-refractivity contribution in [3.8, 4) is 5.88 Å². The van der Waals surface area contributed by atoms with E-state index >= 15 is 0 Å². The fourth-order valence-corrected chi connectivity index (χ4v) is 2.97. The van der Waals surface area contributed by atoms with Gasteiger partial charge in [-0.25, -0.2) is 9.78 Å². The maximum Gasteiger partial charge on any atom is 0.422 e. The maximum atomic E-state index is 12.5. The first kappa shape index (κ1) is 18.1. The van der Waals surface area contributed by atoms with Crippen LogP contribution in [0, 0.1) is 0 Å². The van der Waals surface area contributed by atoms with Crippen molar-refractivity contribution in [3.63, 3.8) is 0 Å². The lowest BCUT2D eigenvalue weighted by Gasteiger charge is -2.34. The SMILES string of the molecule is CC1c2cccn2CCN1C(=O)NCc1cccnc1OCC(F)(F)F. The number of fused-ring (bicyclic) bond motifs is 1. The molecule has 9 heteroatoms. The first-order valence-corrected chi connectivity index (χ1v) is 8.18. The van der Waals surface area contributed by atoms with Gasteiger partial charge in [-0.1, -0.05) is 6.07 Å². The molecule has 0 aromatic carbocycles. The molecule has 0 aliphatic carbocycles. The minimum Gasteiger partial charge on any atom is -0.468 e. The Hall–Kier alpha value is -2.71. The molecular formula is C17H19F3N4O2. The largest absolute Gasteiger partial charge is 0.468 e. The molecule has 1 aliphatic rings. The van der Waals surface area contributed by atoms with Crippen LogP contribution in [0.4, 0.5) is 18.0 Å². The van der Waals surface area contributed by atoms with Crippen molar-refractivity contribution >= 4 is 6.03 Å². The summed E-state index contributed by atoms with van der Waals surface area (Å²) in [6.07, 6.45) is -1.13. The summed E-state index contributed by atoms with van der Waals surface area (Å²) >= 11 is 0. The van der Waals surface area contributed by atoms with E-state index in [2.05, 4.69) is 14.9 Å². The summed E-state index contributed by atoms with van der Waals surface area (Å²) < 4.78 is 43.8. The topological polar surface area (TPSA) is 59.4 Å². The van der Waals surface area contributed by atoms with Crippen LogP contribution < -0.4 is 10.1 Å². The van der Waals surface area contributed by atoms with Crippen LogP contribution in [-0.4, -0.2) is 39.8 Å². The molecule has 0 fully saturated rings. The van der Waals surface area contributed by atoms with Crippen molar-refractivity contribution < 1.29 is 22.7 Å². The third kappa shape index (κ3) is 4.09. The normalized spacial score (nSPS) is 16.9. The number of rotatable bonds is 4. The molecule has 2 amide bonds. The Labute approximate surface area is 148 Å². The lowest BCUT2D eigenvalue weighted by atomic mass is 10.1. The third-order valence-electron chi connectivity index (χ3n) is 4.26. The molecule has 0 spiro atoms. The van der Waals surface area contributed by atoms with E-state index in [1.165, 1.54) is 6.20 Å². The van der Waals surface area contributed by atoms with Crippen LogP contribution in [0.2, 0.25) is 0 Å². The van der Waals surface area contributed by atoms with Crippen molar-refractivity contribution in [2.75, 3.05) is 13.2 Å². The van der Waals surface area contributed by atoms with Crippen molar-refractivity contribution in [2.24, 2.45) is 0 Å². The van der Waals surface area contributed by atoms with Crippen LogP contribution in [0.25, 0.3) is 0 Å². The van der Waals surface area contributed by atoms with Crippen molar-refractivity contribution in [1.82, 2.24) is 19.8 Å². The molecule has 0 radical (unpaired) electrons. The third-order valence-corrected chi connectivity index (χ3v) is 4.26. The number of carbonyl (C=O) groups excluding carboxylic acids is 1. The molecule has 2 aromatic rings. The summed E-state index contributed by atoms with van der Waals surface area (Å²) in [7, 11) is 0. The number of amides is 2. The number of pyridine rings is 1. The highest BCUT2D eigenvalue weighted by Crippen LogP contribution is 2.25. The van der Waals surface area contributed by atoms with Gasteiger partial charge in [0.2, 0.25) is 5.88 Å². The average molecular weight is 368 g/mol. The van der Waals surface area contributed by atoms with Crippen LogP contribution in [-0.2, 0) is 13.1 Å². The van der Waals surface area contributed by atoms with Crippen molar-refractivity contribution in [1.29, 1.82) is 0 Å². The molecule has 3 heterocycles. The Balaban J connectivity index is 1.62. The van der Waals surface area contributed by atoms with Crippen molar-refractivity contribution in [3.05, 3.63) is 47.9 Å². The van der Waals surface area contributed by atoms with E-state index in [1.807, 2.05) is 25.3 Å². The lowest BCUT2D eigenvalue weighted by Crippen LogP contribution is -2.45. The summed E-state index contributed by atoms with van der Waals surface area (Å²) in [6.45, 7) is 1.80. The predicted octanol–water partition coefficient (Wildman–Crippen LogP) is 3.11. The first-order valence-electron chi connectivity index (χ1n) is 8.18. The average Bonchev–Trinajstić information content (AvgIpc) is 3.08. The zero-order chi connectivity index (χ0) is 18.7. The second kappa shape index (κ2) is 7.27. The lowest BCUT2D eigenvalue weighted by molar-refractivity contribution is -0.154.